The molecule has 1 heterocycles. The fraction of sp³-hybridized carbons (Fsp3) is 0.739. The maximum Gasteiger partial charge on any atom is 0.158 e. The van der Waals surface area contributed by atoms with E-state index >= 15 is 0 Å². The van der Waals surface area contributed by atoms with Crippen LogP contribution in [-0.2, 0) is 11.2 Å². The first-order valence-electron chi connectivity index (χ1n) is 10.9. The molecular weight excluding hydrogens is 356 g/mol. The molecule has 160 valence electrons. The maximum atomic E-state index is 11.8. The van der Waals surface area contributed by atoms with Crippen molar-refractivity contribution in [2.45, 2.75) is 108 Å². The zero-order valence-corrected chi connectivity index (χ0v) is 17.4. The standard InChI is InChI=1S/C23H38O5/c1-3-5-8-14-19(24)21-23(27,16-18-12-9-7-10-13-18)22(26,15-11-6-4-2)17-20(25)28-21/h7,9-10,12-13,19-21,24-27H,3-6,8,11,14-17H2,1-2H3/t19?,20-,21+,22+,23+/m0/s1. The Bertz CT molecular complexity index is 565. The van der Waals surface area contributed by atoms with E-state index in [2.05, 4.69) is 13.8 Å². The Morgan fingerprint density at radius 1 is 1.04 bits per heavy atom. The van der Waals surface area contributed by atoms with Crippen LogP contribution in [0.2, 0.25) is 0 Å². The molecule has 1 saturated heterocycles. The summed E-state index contributed by atoms with van der Waals surface area (Å²) in [5.74, 6) is 0. The third-order valence-corrected chi connectivity index (χ3v) is 6.06. The number of benzene rings is 1. The van der Waals surface area contributed by atoms with E-state index in [4.69, 9.17) is 4.74 Å². The van der Waals surface area contributed by atoms with Crippen molar-refractivity contribution in [1.82, 2.24) is 0 Å². The topological polar surface area (TPSA) is 90.2 Å². The summed E-state index contributed by atoms with van der Waals surface area (Å²) in [5.41, 5.74) is -2.33. The van der Waals surface area contributed by atoms with Gasteiger partial charge in [-0.05, 0) is 18.4 Å². The number of hydrogen-bond donors (Lipinski definition) is 4. The largest absolute Gasteiger partial charge is 0.390 e. The zero-order valence-electron chi connectivity index (χ0n) is 17.4. The van der Waals surface area contributed by atoms with E-state index in [1.54, 1.807) is 0 Å². The van der Waals surface area contributed by atoms with E-state index in [9.17, 15) is 20.4 Å². The highest BCUT2D eigenvalue weighted by molar-refractivity contribution is 5.22. The number of rotatable bonds is 11. The molecular formula is C23H38O5. The van der Waals surface area contributed by atoms with E-state index in [1.165, 1.54) is 0 Å². The van der Waals surface area contributed by atoms with Gasteiger partial charge in [-0.3, -0.25) is 0 Å². The molecule has 0 amide bonds. The lowest BCUT2D eigenvalue weighted by Gasteiger charge is -2.54. The van der Waals surface area contributed by atoms with Gasteiger partial charge in [0.25, 0.3) is 0 Å². The minimum absolute atomic E-state index is 0.0573. The molecule has 0 saturated carbocycles. The van der Waals surface area contributed by atoms with Gasteiger partial charge < -0.3 is 25.2 Å². The summed E-state index contributed by atoms with van der Waals surface area (Å²) in [7, 11) is 0. The molecule has 0 radical (unpaired) electrons. The van der Waals surface area contributed by atoms with E-state index in [1.807, 2.05) is 30.3 Å². The molecule has 1 unspecified atom stereocenters. The van der Waals surface area contributed by atoms with E-state index in [0.29, 0.717) is 12.8 Å². The second kappa shape index (κ2) is 10.7. The number of aliphatic hydroxyl groups is 4. The van der Waals surface area contributed by atoms with Gasteiger partial charge in [-0.2, -0.15) is 0 Å². The van der Waals surface area contributed by atoms with Crippen LogP contribution in [0.5, 0.6) is 0 Å². The average Bonchev–Trinajstić information content (AvgIpc) is 2.66. The highest BCUT2D eigenvalue weighted by Gasteiger charge is 2.60. The molecule has 1 aromatic carbocycles. The van der Waals surface area contributed by atoms with Crippen LogP contribution in [-0.4, -0.2) is 50.1 Å². The van der Waals surface area contributed by atoms with Crippen molar-refractivity contribution in [2.75, 3.05) is 0 Å². The van der Waals surface area contributed by atoms with Gasteiger partial charge in [-0.25, -0.2) is 0 Å². The molecule has 1 aromatic rings. The van der Waals surface area contributed by atoms with Gasteiger partial charge in [-0.15, -0.1) is 0 Å². The van der Waals surface area contributed by atoms with Gasteiger partial charge in [0, 0.05) is 12.8 Å². The second-order valence-electron chi connectivity index (χ2n) is 8.35. The van der Waals surface area contributed by atoms with Crippen LogP contribution in [0.4, 0.5) is 0 Å². The van der Waals surface area contributed by atoms with Crippen molar-refractivity contribution in [2.24, 2.45) is 0 Å². The molecule has 1 aliphatic rings. The molecule has 1 fully saturated rings. The normalized spacial score (nSPS) is 31.6. The Labute approximate surface area is 169 Å². The predicted molar refractivity (Wildman–Crippen MR) is 110 cm³/mol. The first-order valence-corrected chi connectivity index (χ1v) is 10.9. The van der Waals surface area contributed by atoms with Gasteiger partial charge in [0.15, 0.2) is 6.29 Å². The third-order valence-electron chi connectivity index (χ3n) is 6.06. The fourth-order valence-corrected chi connectivity index (χ4v) is 4.38. The smallest absolute Gasteiger partial charge is 0.158 e. The monoisotopic (exact) mass is 394 g/mol. The lowest BCUT2D eigenvalue weighted by Crippen LogP contribution is -2.70. The molecule has 1 aliphatic heterocycles. The molecule has 5 nitrogen and oxygen atoms in total. The summed E-state index contributed by atoms with van der Waals surface area (Å²) < 4.78 is 5.66. The Morgan fingerprint density at radius 3 is 2.32 bits per heavy atom. The molecule has 28 heavy (non-hydrogen) atoms. The van der Waals surface area contributed by atoms with Crippen molar-refractivity contribution < 1.29 is 25.2 Å². The van der Waals surface area contributed by atoms with Crippen LogP contribution in [0.3, 0.4) is 0 Å². The Balaban J connectivity index is 2.32. The molecule has 0 aliphatic carbocycles. The first-order chi connectivity index (χ1) is 13.4. The summed E-state index contributed by atoms with van der Waals surface area (Å²) in [5, 5.41) is 44.5. The summed E-state index contributed by atoms with van der Waals surface area (Å²) in [6, 6.07) is 9.48. The van der Waals surface area contributed by atoms with Gasteiger partial charge >= 0.3 is 0 Å². The van der Waals surface area contributed by atoms with Crippen molar-refractivity contribution in [3.05, 3.63) is 35.9 Å². The van der Waals surface area contributed by atoms with Crippen LogP contribution in [0.25, 0.3) is 0 Å². The second-order valence-corrected chi connectivity index (χ2v) is 8.35. The van der Waals surface area contributed by atoms with Crippen molar-refractivity contribution in [3.8, 4) is 0 Å². The number of ether oxygens (including phenoxy) is 1. The third kappa shape index (κ3) is 5.55. The average molecular weight is 395 g/mol. The highest BCUT2D eigenvalue weighted by Crippen LogP contribution is 2.44. The molecule has 5 atom stereocenters. The van der Waals surface area contributed by atoms with Crippen LogP contribution >= 0.6 is 0 Å². The summed E-state index contributed by atoms with van der Waals surface area (Å²) in [4.78, 5) is 0. The lowest BCUT2D eigenvalue weighted by atomic mass is 9.67. The van der Waals surface area contributed by atoms with E-state index in [0.717, 1.165) is 44.1 Å². The first kappa shape index (κ1) is 23.3. The van der Waals surface area contributed by atoms with Crippen molar-refractivity contribution >= 4 is 0 Å². The van der Waals surface area contributed by atoms with Gasteiger partial charge in [0.2, 0.25) is 0 Å². The maximum absolute atomic E-state index is 11.8. The van der Waals surface area contributed by atoms with Gasteiger partial charge in [-0.1, -0.05) is 82.7 Å². The quantitative estimate of drug-likeness (QED) is 0.432. The Kier molecular flexibility index (Phi) is 8.90. The molecule has 0 bridgehead atoms. The molecule has 0 spiro atoms. The SMILES string of the molecule is CCCCCC(O)[C@H]1O[C@H](O)C[C@](O)(CCCCC)[C@@]1(O)Cc1ccccc1. The van der Waals surface area contributed by atoms with E-state index in [-0.39, 0.29) is 12.8 Å². The number of unbranched alkanes of at least 4 members (excludes halogenated alkanes) is 4. The number of hydrogen-bond acceptors (Lipinski definition) is 5. The molecule has 0 aromatic heterocycles. The Hall–Kier alpha value is -0.980. The van der Waals surface area contributed by atoms with Crippen LogP contribution in [0.1, 0.15) is 77.2 Å². The van der Waals surface area contributed by atoms with E-state index < -0.39 is 29.7 Å². The Morgan fingerprint density at radius 2 is 1.68 bits per heavy atom. The van der Waals surface area contributed by atoms with Crippen LogP contribution in [0.15, 0.2) is 30.3 Å². The predicted octanol–water partition coefficient (Wildman–Crippen LogP) is 3.32. The van der Waals surface area contributed by atoms with Crippen LogP contribution in [0, 0.1) is 0 Å². The molecule has 2 rings (SSSR count). The zero-order chi connectivity index (χ0) is 20.6. The minimum atomic E-state index is -1.67. The summed E-state index contributed by atoms with van der Waals surface area (Å²) in [6.45, 7) is 4.17. The molecule has 5 heteroatoms. The van der Waals surface area contributed by atoms with Gasteiger partial charge in [0.05, 0.1) is 6.10 Å². The molecule has 4 N–H and O–H groups in total. The lowest BCUT2D eigenvalue weighted by molar-refractivity contribution is -0.328. The van der Waals surface area contributed by atoms with Crippen molar-refractivity contribution in [1.29, 1.82) is 0 Å². The van der Waals surface area contributed by atoms with Gasteiger partial charge in [0.1, 0.15) is 17.3 Å². The summed E-state index contributed by atoms with van der Waals surface area (Å²) in [6.07, 6.45) is 3.23. The highest BCUT2D eigenvalue weighted by atomic mass is 16.6. The minimum Gasteiger partial charge on any atom is -0.390 e. The van der Waals surface area contributed by atoms with Crippen molar-refractivity contribution in [3.63, 3.8) is 0 Å². The summed E-state index contributed by atoms with van der Waals surface area (Å²) >= 11 is 0. The number of aliphatic hydroxyl groups excluding tert-OH is 2. The fourth-order valence-electron chi connectivity index (χ4n) is 4.38. The van der Waals surface area contributed by atoms with Crippen LogP contribution < -0.4 is 0 Å².